The third-order valence-corrected chi connectivity index (χ3v) is 4.91. The maximum Gasteiger partial charge on any atom is 0.293 e. The molecule has 2 amide bonds. The van der Waals surface area contributed by atoms with E-state index in [1.54, 1.807) is 13.0 Å². The van der Waals surface area contributed by atoms with Gasteiger partial charge in [-0.05, 0) is 42.8 Å². The molecule has 28 heavy (non-hydrogen) atoms. The molecule has 1 heterocycles. The van der Waals surface area contributed by atoms with Gasteiger partial charge in [0.1, 0.15) is 16.8 Å². The van der Waals surface area contributed by atoms with Crippen LogP contribution in [0.2, 0.25) is 0 Å². The van der Waals surface area contributed by atoms with Crippen LogP contribution in [0.3, 0.4) is 0 Å². The first-order valence-corrected chi connectivity index (χ1v) is 9.06. The Balaban J connectivity index is 1.66. The Hall–Kier alpha value is -3.27. The molecule has 0 saturated carbocycles. The minimum Gasteiger partial charge on any atom is -0.320 e. The summed E-state index contributed by atoms with van der Waals surface area (Å²) < 4.78 is 12.9. The number of benzene rings is 2. The summed E-state index contributed by atoms with van der Waals surface area (Å²) in [6, 6.07) is 9.89. The van der Waals surface area contributed by atoms with Crippen molar-refractivity contribution in [3.8, 4) is 0 Å². The Kier molecular flexibility index (Phi) is 5.69. The molecule has 0 aliphatic carbocycles. The van der Waals surface area contributed by atoms with E-state index in [-0.39, 0.29) is 23.7 Å². The molecular formula is C18H15FN4O4S. The summed E-state index contributed by atoms with van der Waals surface area (Å²) in [5.74, 6) is -1.31. The van der Waals surface area contributed by atoms with Crippen molar-refractivity contribution < 1.29 is 18.9 Å². The van der Waals surface area contributed by atoms with Gasteiger partial charge >= 0.3 is 0 Å². The molecule has 0 unspecified atom stereocenters. The third-order valence-electron chi connectivity index (χ3n) is 3.83. The molecule has 0 radical (unpaired) electrons. The molecule has 2 N–H and O–H groups in total. The van der Waals surface area contributed by atoms with E-state index in [9.17, 15) is 24.1 Å². The summed E-state index contributed by atoms with van der Waals surface area (Å²) >= 11 is 1.07. The lowest BCUT2D eigenvalue weighted by atomic mass is 10.2. The first-order chi connectivity index (χ1) is 13.3. The van der Waals surface area contributed by atoms with Crippen molar-refractivity contribution in [2.75, 3.05) is 5.32 Å². The lowest BCUT2D eigenvalue weighted by molar-refractivity contribution is -0.384. The second kappa shape index (κ2) is 8.17. The van der Waals surface area contributed by atoms with Crippen molar-refractivity contribution in [3.05, 3.63) is 64.0 Å². The normalized spacial score (nSPS) is 17.4. The number of amidine groups is 1. The van der Waals surface area contributed by atoms with Crippen molar-refractivity contribution in [2.45, 2.75) is 18.6 Å². The fourth-order valence-electron chi connectivity index (χ4n) is 2.49. The molecule has 1 aliphatic rings. The van der Waals surface area contributed by atoms with Gasteiger partial charge in [0.15, 0.2) is 5.17 Å². The molecule has 1 aliphatic heterocycles. The van der Waals surface area contributed by atoms with Crippen LogP contribution < -0.4 is 10.6 Å². The Bertz CT molecular complexity index is 978. The lowest BCUT2D eigenvalue weighted by Gasteiger charge is -2.08. The highest BCUT2D eigenvalue weighted by molar-refractivity contribution is 8.15. The predicted molar refractivity (Wildman–Crippen MR) is 104 cm³/mol. The predicted octanol–water partition coefficient (Wildman–Crippen LogP) is 3.29. The fraction of sp³-hybridized carbons (Fsp3) is 0.167. The number of hydrogen-bond donors (Lipinski definition) is 2. The van der Waals surface area contributed by atoms with E-state index >= 15 is 0 Å². The number of aryl methyl sites for hydroxylation is 1. The third kappa shape index (κ3) is 4.71. The van der Waals surface area contributed by atoms with Gasteiger partial charge in [-0.25, -0.2) is 9.38 Å². The van der Waals surface area contributed by atoms with Crippen LogP contribution in [0, 0.1) is 22.9 Å². The van der Waals surface area contributed by atoms with Gasteiger partial charge in [0.2, 0.25) is 11.8 Å². The van der Waals surface area contributed by atoms with Gasteiger partial charge in [-0.3, -0.25) is 19.7 Å². The number of amides is 2. The van der Waals surface area contributed by atoms with Gasteiger partial charge in [0.25, 0.3) is 5.69 Å². The van der Waals surface area contributed by atoms with Crippen LogP contribution in [0.5, 0.6) is 0 Å². The molecule has 0 aromatic heterocycles. The van der Waals surface area contributed by atoms with E-state index < -0.39 is 21.9 Å². The number of halogens is 1. The minimum atomic E-state index is -0.719. The zero-order valence-electron chi connectivity index (χ0n) is 14.6. The van der Waals surface area contributed by atoms with E-state index in [1.165, 1.54) is 36.4 Å². The number of carbonyl (C=O) groups is 2. The maximum atomic E-state index is 12.9. The standard InChI is InChI=1S/C18H15FN4O4S/c1-10-2-7-13(14(8-10)23(26)27)21-16(24)9-15-17(25)22-18(28-15)20-12-5-3-11(19)4-6-12/h2-8,15H,9H2,1H3,(H,21,24)(H,20,22,25)/t15-/m0/s1. The number of carbonyl (C=O) groups excluding carboxylic acids is 2. The number of hydrogen-bond acceptors (Lipinski definition) is 6. The average Bonchev–Trinajstić information content (AvgIpc) is 2.97. The Morgan fingerprint density at radius 1 is 1.32 bits per heavy atom. The van der Waals surface area contributed by atoms with E-state index in [2.05, 4.69) is 15.6 Å². The summed E-state index contributed by atoms with van der Waals surface area (Å²) in [7, 11) is 0. The summed E-state index contributed by atoms with van der Waals surface area (Å²) in [6.45, 7) is 1.71. The van der Waals surface area contributed by atoms with Crippen LogP contribution in [-0.4, -0.2) is 27.2 Å². The molecule has 1 saturated heterocycles. The van der Waals surface area contributed by atoms with Crippen molar-refractivity contribution in [3.63, 3.8) is 0 Å². The highest BCUT2D eigenvalue weighted by Gasteiger charge is 2.32. The Labute approximate surface area is 163 Å². The van der Waals surface area contributed by atoms with Crippen LogP contribution in [-0.2, 0) is 9.59 Å². The molecule has 8 nitrogen and oxygen atoms in total. The number of rotatable bonds is 5. The first kappa shape index (κ1) is 19.5. The molecule has 2 aromatic rings. The number of nitrogens with zero attached hydrogens (tertiary/aromatic N) is 2. The Morgan fingerprint density at radius 3 is 2.71 bits per heavy atom. The van der Waals surface area contributed by atoms with Crippen molar-refractivity contribution in [1.82, 2.24) is 5.32 Å². The van der Waals surface area contributed by atoms with Gasteiger partial charge in [-0.1, -0.05) is 17.8 Å². The molecule has 2 aromatic carbocycles. The molecule has 1 fully saturated rings. The van der Waals surface area contributed by atoms with Crippen molar-refractivity contribution >= 4 is 45.8 Å². The van der Waals surface area contributed by atoms with Crippen LogP contribution in [0.15, 0.2) is 47.5 Å². The molecular weight excluding hydrogens is 387 g/mol. The van der Waals surface area contributed by atoms with Gasteiger partial charge in [-0.2, -0.15) is 0 Å². The van der Waals surface area contributed by atoms with Crippen LogP contribution >= 0.6 is 11.8 Å². The molecule has 0 spiro atoms. The fourth-order valence-corrected chi connectivity index (χ4v) is 3.48. The Morgan fingerprint density at radius 2 is 2.04 bits per heavy atom. The maximum absolute atomic E-state index is 12.9. The van der Waals surface area contributed by atoms with Crippen molar-refractivity contribution in [1.29, 1.82) is 0 Å². The number of thioether (sulfide) groups is 1. The topological polar surface area (TPSA) is 114 Å². The van der Waals surface area contributed by atoms with Gasteiger partial charge in [-0.15, -0.1) is 0 Å². The van der Waals surface area contributed by atoms with Gasteiger partial charge in [0.05, 0.1) is 10.6 Å². The summed E-state index contributed by atoms with van der Waals surface area (Å²) in [6.07, 6.45) is -0.177. The van der Waals surface area contributed by atoms with E-state index in [0.717, 1.165) is 11.8 Å². The van der Waals surface area contributed by atoms with E-state index in [0.29, 0.717) is 16.4 Å². The van der Waals surface area contributed by atoms with Gasteiger partial charge in [0, 0.05) is 12.5 Å². The van der Waals surface area contributed by atoms with Crippen LogP contribution in [0.25, 0.3) is 0 Å². The number of nitro benzene ring substituents is 1. The van der Waals surface area contributed by atoms with Crippen LogP contribution in [0.4, 0.5) is 21.5 Å². The van der Waals surface area contributed by atoms with Gasteiger partial charge < -0.3 is 10.6 Å². The van der Waals surface area contributed by atoms with E-state index in [1.807, 2.05) is 0 Å². The van der Waals surface area contributed by atoms with Crippen LogP contribution in [0.1, 0.15) is 12.0 Å². The van der Waals surface area contributed by atoms with Crippen molar-refractivity contribution in [2.24, 2.45) is 4.99 Å². The summed E-state index contributed by atoms with van der Waals surface area (Å²) in [5, 5.41) is 15.8. The SMILES string of the molecule is Cc1ccc(NC(=O)C[C@@H]2SC(=Nc3ccc(F)cc3)NC2=O)c([N+](=O)[O-])c1. The molecule has 144 valence electrons. The number of aliphatic imine (C=N–C) groups is 1. The zero-order valence-corrected chi connectivity index (χ0v) is 15.5. The highest BCUT2D eigenvalue weighted by Crippen LogP contribution is 2.28. The smallest absolute Gasteiger partial charge is 0.293 e. The quantitative estimate of drug-likeness (QED) is 0.588. The largest absolute Gasteiger partial charge is 0.320 e. The second-order valence-electron chi connectivity index (χ2n) is 6.02. The summed E-state index contributed by atoms with van der Waals surface area (Å²) in [4.78, 5) is 39.1. The molecule has 3 rings (SSSR count). The number of anilines is 1. The molecule has 10 heteroatoms. The highest BCUT2D eigenvalue weighted by atomic mass is 32.2. The molecule has 1 atom stereocenters. The first-order valence-electron chi connectivity index (χ1n) is 8.18. The minimum absolute atomic E-state index is 0.0733. The number of nitrogens with one attached hydrogen (secondary N) is 2. The second-order valence-corrected chi connectivity index (χ2v) is 7.21. The molecule has 0 bridgehead atoms. The average molecular weight is 402 g/mol. The van der Waals surface area contributed by atoms with E-state index in [4.69, 9.17) is 0 Å². The monoisotopic (exact) mass is 402 g/mol. The summed E-state index contributed by atoms with van der Waals surface area (Å²) in [5.41, 5.74) is 1.02. The number of nitro groups is 1. The lowest BCUT2D eigenvalue weighted by Crippen LogP contribution is -2.28. The zero-order chi connectivity index (χ0) is 20.3.